The molecule has 2 aromatic rings. The zero-order valence-electron chi connectivity index (χ0n) is 10.8. The zero-order valence-corrected chi connectivity index (χ0v) is 10.8. The maximum atomic E-state index is 12.2. The van der Waals surface area contributed by atoms with Crippen molar-refractivity contribution in [1.82, 2.24) is 9.97 Å². The van der Waals surface area contributed by atoms with Gasteiger partial charge in [0.25, 0.3) is 0 Å². The number of aromatic nitrogens is 2. The minimum Gasteiger partial charge on any atom is -0.497 e. The second kappa shape index (κ2) is 5.95. The molecule has 0 saturated heterocycles. The fraction of sp³-hybridized carbons (Fsp3) is 0.214. The SMILES string of the molecule is COc1ccc(C(=O)Cc2ccncn2)c(OC)c1. The van der Waals surface area contributed by atoms with E-state index >= 15 is 0 Å². The van der Waals surface area contributed by atoms with Gasteiger partial charge in [-0.25, -0.2) is 9.97 Å². The molecule has 1 heterocycles. The summed E-state index contributed by atoms with van der Waals surface area (Å²) in [7, 11) is 3.09. The van der Waals surface area contributed by atoms with Crippen molar-refractivity contribution in [3.8, 4) is 11.5 Å². The molecule has 0 fully saturated rings. The summed E-state index contributed by atoms with van der Waals surface area (Å²) in [4.78, 5) is 20.1. The lowest BCUT2D eigenvalue weighted by atomic mass is 10.1. The second-order valence-corrected chi connectivity index (χ2v) is 3.87. The van der Waals surface area contributed by atoms with E-state index in [1.165, 1.54) is 13.4 Å². The summed E-state index contributed by atoms with van der Waals surface area (Å²) in [6, 6.07) is 6.83. The smallest absolute Gasteiger partial charge is 0.172 e. The van der Waals surface area contributed by atoms with Crippen molar-refractivity contribution < 1.29 is 14.3 Å². The Labute approximate surface area is 111 Å². The lowest BCUT2D eigenvalue weighted by Gasteiger charge is -2.09. The number of carbonyl (C=O) groups is 1. The van der Waals surface area contributed by atoms with Gasteiger partial charge in [-0.05, 0) is 18.2 Å². The fourth-order valence-electron chi connectivity index (χ4n) is 1.71. The van der Waals surface area contributed by atoms with Gasteiger partial charge in [-0.3, -0.25) is 4.79 Å². The molecule has 0 spiro atoms. The Kier molecular flexibility index (Phi) is 4.07. The molecular formula is C14H14N2O3. The van der Waals surface area contributed by atoms with Gasteiger partial charge in [-0.1, -0.05) is 0 Å². The van der Waals surface area contributed by atoms with Gasteiger partial charge in [0, 0.05) is 12.3 Å². The third-order valence-corrected chi connectivity index (χ3v) is 2.69. The molecular weight excluding hydrogens is 244 g/mol. The summed E-state index contributed by atoms with van der Waals surface area (Å²) < 4.78 is 10.3. The standard InChI is InChI=1S/C14H14N2O3/c1-18-11-3-4-12(14(8-11)19-2)13(17)7-10-5-6-15-9-16-10/h3-6,8-9H,7H2,1-2H3. The molecule has 0 unspecified atom stereocenters. The molecule has 1 aromatic carbocycles. The maximum absolute atomic E-state index is 12.2. The van der Waals surface area contributed by atoms with Crippen LogP contribution in [0.1, 0.15) is 16.1 Å². The molecule has 1 aromatic heterocycles. The first-order valence-electron chi connectivity index (χ1n) is 5.74. The molecule has 19 heavy (non-hydrogen) atoms. The Morgan fingerprint density at radius 2 is 2.05 bits per heavy atom. The molecule has 0 saturated carbocycles. The molecule has 0 bridgehead atoms. The predicted octanol–water partition coefficient (Wildman–Crippen LogP) is 1.92. The Morgan fingerprint density at radius 1 is 1.21 bits per heavy atom. The van der Waals surface area contributed by atoms with E-state index in [1.54, 1.807) is 37.6 Å². The first-order chi connectivity index (χ1) is 9.24. The van der Waals surface area contributed by atoms with Gasteiger partial charge in [-0.15, -0.1) is 0 Å². The van der Waals surface area contributed by atoms with E-state index in [2.05, 4.69) is 9.97 Å². The molecule has 0 amide bonds. The Morgan fingerprint density at radius 3 is 2.68 bits per heavy atom. The fourth-order valence-corrected chi connectivity index (χ4v) is 1.71. The molecule has 0 aliphatic rings. The number of ether oxygens (including phenoxy) is 2. The lowest BCUT2D eigenvalue weighted by Crippen LogP contribution is -2.07. The minimum atomic E-state index is -0.0572. The number of hydrogen-bond acceptors (Lipinski definition) is 5. The van der Waals surface area contributed by atoms with E-state index in [1.807, 2.05) is 0 Å². The van der Waals surface area contributed by atoms with Crippen LogP contribution in [0.3, 0.4) is 0 Å². The first kappa shape index (κ1) is 13.0. The average molecular weight is 258 g/mol. The van der Waals surface area contributed by atoms with Crippen molar-refractivity contribution in [2.24, 2.45) is 0 Å². The van der Waals surface area contributed by atoms with Crippen molar-refractivity contribution in [2.45, 2.75) is 6.42 Å². The number of benzene rings is 1. The van der Waals surface area contributed by atoms with Crippen molar-refractivity contribution >= 4 is 5.78 Å². The third-order valence-electron chi connectivity index (χ3n) is 2.69. The van der Waals surface area contributed by atoms with Crippen LogP contribution < -0.4 is 9.47 Å². The molecule has 2 rings (SSSR count). The van der Waals surface area contributed by atoms with Crippen molar-refractivity contribution in [2.75, 3.05) is 14.2 Å². The highest BCUT2D eigenvalue weighted by molar-refractivity contribution is 6.00. The lowest BCUT2D eigenvalue weighted by molar-refractivity contribution is 0.0989. The monoisotopic (exact) mass is 258 g/mol. The number of nitrogens with zero attached hydrogens (tertiary/aromatic N) is 2. The van der Waals surface area contributed by atoms with E-state index in [4.69, 9.17) is 9.47 Å². The first-order valence-corrected chi connectivity index (χ1v) is 5.74. The van der Waals surface area contributed by atoms with Gasteiger partial charge in [0.1, 0.15) is 17.8 Å². The Bertz CT molecular complexity index is 570. The molecule has 0 aliphatic carbocycles. The summed E-state index contributed by atoms with van der Waals surface area (Å²) in [5.74, 6) is 1.09. The third kappa shape index (κ3) is 3.07. The number of carbonyl (C=O) groups excluding carboxylic acids is 1. The van der Waals surface area contributed by atoms with Gasteiger partial charge in [0.2, 0.25) is 0 Å². The summed E-state index contributed by atoms with van der Waals surface area (Å²) in [5.41, 5.74) is 1.19. The van der Waals surface area contributed by atoms with Gasteiger partial charge in [0.15, 0.2) is 5.78 Å². The van der Waals surface area contributed by atoms with Gasteiger partial charge < -0.3 is 9.47 Å². The summed E-state index contributed by atoms with van der Waals surface area (Å²) in [6.45, 7) is 0. The van der Waals surface area contributed by atoms with E-state index in [9.17, 15) is 4.79 Å². The molecule has 0 aliphatic heterocycles. The number of ketones is 1. The van der Waals surface area contributed by atoms with Crippen LogP contribution in [0.5, 0.6) is 11.5 Å². The average Bonchev–Trinajstić information content (AvgIpc) is 2.47. The zero-order chi connectivity index (χ0) is 13.7. The maximum Gasteiger partial charge on any atom is 0.172 e. The molecule has 0 atom stereocenters. The topological polar surface area (TPSA) is 61.3 Å². The number of methoxy groups -OCH3 is 2. The highest BCUT2D eigenvalue weighted by Crippen LogP contribution is 2.25. The van der Waals surface area contributed by atoms with Crippen LogP contribution in [0.15, 0.2) is 36.8 Å². The second-order valence-electron chi connectivity index (χ2n) is 3.87. The van der Waals surface area contributed by atoms with Crippen LogP contribution in [0, 0.1) is 0 Å². The van der Waals surface area contributed by atoms with Crippen LogP contribution in [0.25, 0.3) is 0 Å². The Hall–Kier alpha value is -2.43. The van der Waals surface area contributed by atoms with E-state index in [-0.39, 0.29) is 12.2 Å². The van der Waals surface area contributed by atoms with E-state index < -0.39 is 0 Å². The molecule has 5 heteroatoms. The highest BCUT2D eigenvalue weighted by atomic mass is 16.5. The molecule has 0 N–H and O–H groups in total. The van der Waals surface area contributed by atoms with Crippen molar-refractivity contribution in [1.29, 1.82) is 0 Å². The van der Waals surface area contributed by atoms with Crippen LogP contribution in [-0.2, 0) is 6.42 Å². The van der Waals surface area contributed by atoms with Crippen LogP contribution >= 0.6 is 0 Å². The quantitative estimate of drug-likeness (QED) is 0.767. The van der Waals surface area contributed by atoms with Crippen LogP contribution in [0.2, 0.25) is 0 Å². The van der Waals surface area contributed by atoms with Crippen LogP contribution in [0.4, 0.5) is 0 Å². The summed E-state index contributed by atoms with van der Waals surface area (Å²) in [5, 5.41) is 0. The summed E-state index contributed by atoms with van der Waals surface area (Å²) >= 11 is 0. The molecule has 98 valence electrons. The largest absolute Gasteiger partial charge is 0.497 e. The highest BCUT2D eigenvalue weighted by Gasteiger charge is 2.14. The normalized spacial score (nSPS) is 10.0. The number of hydrogen-bond donors (Lipinski definition) is 0. The van der Waals surface area contributed by atoms with Gasteiger partial charge >= 0.3 is 0 Å². The number of rotatable bonds is 5. The summed E-state index contributed by atoms with van der Waals surface area (Å²) in [6.07, 6.45) is 3.25. The van der Waals surface area contributed by atoms with Gasteiger partial charge in [-0.2, -0.15) is 0 Å². The molecule has 5 nitrogen and oxygen atoms in total. The minimum absolute atomic E-state index is 0.0572. The van der Waals surface area contributed by atoms with Crippen LogP contribution in [-0.4, -0.2) is 30.0 Å². The Balaban J connectivity index is 2.24. The van der Waals surface area contributed by atoms with E-state index in [0.29, 0.717) is 22.8 Å². The molecule has 0 radical (unpaired) electrons. The number of Topliss-reactive ketones (excluding diaryl/α,β-unsaturated/α-hetero) is 1. The van der Waals surface area contributed by atoms with Gasteiger partial charge in [0.05, 0.1) is 31.9 Å². The predicted molar refractivity (Wildman–Crippen MR) is 69.6 cm³/mol. The van der Waals surface area contributed by atoms with Crippen molar-refractivity contribution in [3.05, 3.63) is 48.0 Å². The van der Waals surface area contributed by atoms with E-state index in [0.717, 1.165) is 0 Å². The van der Waals surface area contributed by atoms with Crippen molar-refractivity contribution in [3.63, 3.8) is 0 Å².